The van der Waals surface area contributed by atoms with Gasteiger partial charge >= 0.3 is 6.09 Å². The van der Waals surface area contributed by atoms with E-state index in [2.05, 4.69) is 34.9 Å². The molecule has 178 valence electrons. The fraction of sp³-hybridized carbons (Fsp3) is 0.462. The Morgan fingerprint density at radius 1 is 1.15 bits per heavy atom. The highest BCUT2D eigenvalue weighted by Gasteiger charge is 2.31. The van der Waals surface area contributed by atoms with Crippen LogP contribution in [0.2, 0.25) is 0 Å². The van der Waals surface area contributed by atoms with Crippen molar-refractivity contribution in [3.63, 3.8) is 0 Å². The van der Waals surface area contributed by atoms with Gasteiger partial charge in [-0.2, -0.15) is 0 Å². The van der Waals surface area contributed by atoms with Crippen molar-refractivity contribution in [3.05, 3.63) is 65.2 Å². The van der Waals surface area contributed by atoms with Gasteiger partial charge in [0.25, 0.3) is 5.91 Å². The summed E-state index contributed by atoms with van der Waals surface area (Å²) in [5, 5.41) is 14.7. The maximum absolute atomic E-state index is 13.5. The van der Waals surface area contributed by atoms with Crippen LogP contribution in [0.5, 0.6) is 5.75 Å². The molecule has 7 heteroatoms. The average molecular weight is 454 g/mol. The molecule has 0 unspecified atom stereocenters. The molecule has 0 saturated carbocycles. The summed E-state index contributed by atoms with van der Waals surface area (Å²) in [7, 11) is 1.57. The van der Waals surface area contributed by atoms with Crippen molar-refractivity contribution in [2.45, 2.75) is 32.7 Å². The van der Waals surface area contributed by atoms with Gasteiger partial charge in [0.1, 0.15) is 5.75 Å². The van der Waals surface area contributed by atoms with Gasteiger partial charge in [-0.05, 0) is 80.9 Å². The number of methoxy groups -OCH3 is 1. The van der Waals surface area contributed by atoms with E-state index in [4.69, 9.17) is 9.84 Å². The third-order valence-electron chi connectivity index (χ3n) is 6.33. The van der Waals surface area contributed by atoms with Crippen molar-refractivity contribution in [1.82, 2.24) is 15.5 Å². The summed E-state index contributed by atoms with van der Waals surface area (Å²) in [5.74, 6) is 1.51. The highest BCUT2D eigenvalue weighted by atomic mass is 16.5. The lowest BCUT2D eigenvalue weighted by Crippen LogP contribution is -2.42. The number of carboxylic acid groups (broad SMARTS) is 1. The Bertz CT molecular complexity index is 932. The first kappa shape index (κ1) is 24.6. The normalized spacial score (nSPS) is 17.7. The van der Waals surface area contributed by atoms with Crippen molar-refractivity contribution in [2.75, 3.05) is 33.3 Å². The summed E-state index contributed by atoms with van der Waals surface area (Å²) in [6.45, 7) is 6.92. The molecule has 1 heterocycles. The number of carbonyl (C=O) groups is 2. The SMILES string of the molecule is COc1ccc(C(=O)N(C[C@H]2CNC[C@@H]2Cc2ccccc2)C(C)C)cc1CCNC(=O)O. The number of nitrogens with zero attached hydrogens (tertiary/aromatic N) is 1. The zero-order valence-electron chi connectivity index (χ0n) is 19.7. The minimum absolute atomic E-state index is 0.00884. The molecule has 3 rings (SSSR count). The minimum Gasteiger partial charge on any atom is -0.496 e. The lowest BCUT2D eigenvalue weighted by atomic mass is 9.89. The van der Waals surface area contributed by atoms with Crippen LogP contribution in [0.25, 0.3) is 0 Å². The second-order valence-corrected chi connectivity index (χ2v) is 8.93. The molecule has 7 nitrogen and oxygen atoms in total. The lowest BCUT2D eigenvalue weighted by Gasteiger charge is -2.32. The molecule has 0 bridgehead atoms. The Hall–Kier alpha value is -3.06. The van der Waals surface area contributed by atoms with E-state index >= 15 is 0 Å². The smallest absolute Gasteiger partial charge is 0.404 e. The molecule has 1 fully saturated rings. The number of benzene rings is 2. The van der Waals surface area contributed by atoms with Crippen molar-refractivity contribution < 1.29 is 19.4 Å². The van der Waals surface area contributed by atoms with E-state index in [1.54, 1.807) is 19.2 Å². The minimum atomic E-state index is -1.07. The van der Waals surface area contributed by atoms with Gasteiger partial charge < -0.3 is 25.4 Å². The monoisotopic (exact) mass is 453 g/mol. The zero-order valence-corrected chi connectivity index (χ0v) is 19.7. The number of ether oxygens (including phenoxy) is 1. The van der Waals surface area contributed by atoms with Crippen LogP contribution >= 0.6 is 0 Å². The first-order valence-electron chi connectivity index (χ1n) is 11.6. The standard InChI is InChI=1S/C26H35N3O4/c1-18(2)29(17-23-16-27-15-22(23)13-19-7-5-4-6-8-19)25(30)21-9-10-24(33-3)20(14-21)11-12-28-26(31)32/h4-10,14,18,22-23,27-28H,11-13,15-17H2,1-3H3,(H,31,32)/t22-,23+/m0/s1. The maximum Gasteiger partial charge on any atom is 0.404 e. The average Bonchev–Trinajstić information content (AvgIpc) is 3.23. The summed E-state index contributed by atoms with van der Waals surface area (Å²) in [4.78, 5) is 26.3. The Morgan fingerprint density at radius 3 is 2.55 bits per heavy atom. The number of amides is 2. The highest BCUT2D eigenvalue weighted by molar-refractivity contribution is 5.94. The molecule has 2 amide bonds. The summed E-state index contributed by atoms with van der Waals surface area (Å²) in [6, 6.07) is 16.0. The third kappa shape index (κ3) is 6.71. The topological polar surface area (TPSA) is 90.9 Å². The molecule has 1 aliphatic heterocycles. The molecule has 1 aliphatic rings. The number of hydrogen-bond acceptors (Lipinski definition) is 4. The second-order valence-electron chi connectivity index (χ2n) is 8.93. The number of carbonyl (C=O) groups excluding carboxylic acids is 1. The van der Waals surface area contributed by atoms with Crippen molar-refractivity contribution >= 4 is 12.0 Å². The lowest BCUT2D eigenvalue weighted by molar-refractivity contribution is 0.0662. The molecular weight excluding hydrogens is 418 g/mol. The number of rotatable bonds is 10. The van der Waals surface area contributed by atoms with Crippen LogP contribution in [0.1, 0.15) is 35.3 Å². The van der Waals surface area contributed by atoms with Gasteiger partial charge in [0.05, 0.1) is 7.11 Å². The predicted molar refractivity (Wildman–Crippen MR) is 129 cm³/mol. The Kier molecular flexibility index (Phi) is 8.72. The molecule has 0 aromatic heterocycles. The molecular formula is C26H35N3O4. The van der Waals surface area contributed by atoms with Crippen LogP contribution in [-0.4, -0.2) is 61.3 Å². The molecule has 3 N–H and O–H groups in total. The van der Waals surface area contributed by atoms with Crippen LogP contribution in [0.4, 0.5) is 4.79 Å². The third-order valence-corrected chi connectivity index (χ3v) is 6.33. The first-order chi connectivity index (χ1) is 15.9. The van der Waals surface area contributed by atoms with Crippen molar-refractivity contribution in [2.24, 2.45) is 11.8 Å². The van der Waals surface area contributed by atoms with Gasteiger partial charge in [-0.25, -0.2) is 4.79 Å². The van der Waals surface area contributed by atoms with Crippen LogP contribution in [0.3, 0.4) is 0 Å². The largest absolute Gasteiger partial charge is 0.496 e. The van der Waals surface area contributed by atoms with E-state index in [9.17, 15) is 9.59 Å². The molecule has 0 spiro atoms. The van der Waals surface area contributed by atoms with Gasteiger partial charge in [-0.1, -0.05) is 30.3 Å². The van der Waals surface area contributed by atoms with Gasteiger partial charge in [0.15, 0.2) is 0 Å². The Labute approximate surface area is 196 Å². The molecule has 33 heavy (non-hydrogen) atoms. The van der Waals surface area contributed by atoms with Gasteiger partial charge in [0.2, 0.25) is 0 Å². The van der Waals surface area contributed by atoms with E-state index < -0.39 is 6.09 Å². The highest BCUT2D eigenvalue weighted by Crippen LogP contribution is 2.26. The Morgan fingerprint density at radius 2 is 1.88 bits per heavy atom. The number of hydrogen-bond donors (Lipinski definition) is 3. The molecule has 2 aromatic rings. The summed E-state index contributed by atoms with van der Waals surface area (Å²) >= 11 is 0. The van der Waals surface area contributed by atoms with Gasteiger partial charge in [-0.15, -0.1) is 0 Å². The van der Waals surface area contributed by atoms with Gasteiger partial charge in [0, 0.05) is 24.7 Å². The van der Waals surface area contributed by atoms with E-state index in [1.807, 2.05) is 30.9 Å². The Balaban J connectivity index is 1.73. The van der Waals surface area contributed by atoms with Crippen molar-refractivity contribution in [3.8, 4) is 5.75 Å². The predicted octanol–water partition coefficient (Wildman–Crippen LogP) is 3.43. The fourth-order valence-electron chi connectivity index (χ4n) is 4.51. The van der Waals surface area contributed by atoms with Crippen LogP contribution < -0.4 is 15.4 Å². The van der Waals surface area contributed by atoms with Crippen LogP contribution in [0.15, 0.2) is 48.5 Å². The van der Waals surface area contributed by atoms with Crippen molar-refractivity contribution in [1.29, 1.82) is 0 Å². The molecule has 0 aliphatic carbocycles. The molecule has 0 radical (unpaired) electrons. The summed E-state index contributed by atoms with van der Waals surface area (Å²) in [6.07, 6.45) is 0.383. The zero-order chi connectivity index (χ0) is 23.8. The first-order valence-corrected chi connectivity index (χ1v) is 11.6. The number of nitrogens with one attached hydrogen (secondary N) is 2. The summed E-state index contributed by atoms with van der Waals surface area (Å²) < 4.78 is 5.42. The second kappa shape index (κ2) is 11.7. The van der Waals surface area contributed by atoms with Crippen LogP contribution in [-0.2, 0) is 12.8 Å². The quantitative estimate of drug-likeness (QED) is 0.513. The maximum atomic E-state index is 13.5. The van der Waals surface area contributed by atoms with Crippen LogP contribution in [0, 0.1) is 11.8 Å². The molecule has 2 aromatic carbocycles. The fourth-order valence-corrected chi connectivity index (χ4v) is 4.51. The summed E-state index contributed by atoms with van der Waals surface area (Å²) in [5.41, 5.74) is 2.74. The van der Waals surface area contributed by atoms with E-state index in [0.29, 0.717) is 36.1 Å². The van der Waals surface area contributed by atoms with E-state index in [0.717, 1.165) is 25.1 Å². The van der Waals surface area contributed by atoms with E-state index in [1.165, 1.54) is 5.56 Å². The van der Waals surface area contributed by atoms with E-state index in [-0.39, 0.29) is 18.5 Å². The van der Waals surface area contributed by atoms with Gasteiger partial charge in [-0.3, -0.25) is 4.79 Å². The molecule has 2 atom stereocenters. The molecule has 1 saturated heterocycles.